The molecule has 0 aromatic heterocycles. The number of carboxylic acid groups (broad SMARTS) is 1. The molecule has 3 rings (SSSR count). The maximum absolute atomic E-state index is 11.2. The van der Waals surface area contributed by atoms with Gasteiger partial charge in [0.2, 0.25) is 0 Å². The fraction of sp³-hybridized carbons (Fsp3) is 0. The van der Waals surface area contributed by atoms with Crippen LogP contribution in [-0.2, 0) is 0 Å². The zero-order chi connectivity index (χ0) is 15.5. The molecule has 106 valence electrons. The minimum absolute atomic E-state index is 0.0824. The number of carbonyl (C=O) groups is 1. The summed E-state index contributed by atoms with van der Waals surface area (Å²) in [5.74, 6) is 4.82. The highest BCUT2D eigenvalue weighted by atomic mass is 16.4. The Bertz CT molecular complexity index is 930. The van der Waals surface area contributed by atoms with Crippen LogP contribution in [0.15, 0.2) is 60.7 Å². The van der Waals surface area contributed by atoms with E-state index in [1.807, 2.05) is 30.3 Å². The van der Waals surface area contributed by atoms with Crippen LogP contribution in [0.1, 0.15) is 21.5 Å². The lowest BCUT2D eigenvalue weighted by Crippen LogP contribution is -1.99. The van der Waals surface area contributed by atoms with Crippen LogP contribution in [0, 0.1) is 11.8 Å². The maximum atomic E-state index is 11.2. The van der Waals surface area contributed by atoms with Crippen LogP contribution >= 0.6 is 0 Å². The molecule has 3 aromatic rings. The molecule has 0 aliphatic heterocycles. The minimum Gasteiger partial charge on any atom is -0.507 e. The number of phenolic OH excluding ortho intramolecular Hbond substituents is 1. The summed E-state index contributed by atoms with van der Waals surface area (Å²) in [5.41, 5.74) is 1.07. The van der Waals surface area contributed by atoms with E-state index in [0.717, 1.165) is 10.8 Å². The number of benzene rings is 3. The van der Waals surface area contributed by atoms with Crippen molar-refractivity contribution in [2.45, 2.75) is 0 Å². The first-order valence-corrected chi connectivity index (χ1v) is 6.72. The number of phenols is 1. The quantitative estimate of drug-likeness (QED) is 0.672. The molecule has 0 saturated carbocycles. The van der Waals surface area contributed by atoms with E-state index in [-0.39, 0.29) is 11.3 Å². The molecular weight excluding hydrogens is 276 g/mol. The van der Waals surface area contributed by atoms with Crippen molar-refractivity contribution in [1.29, 1.82) is 0 Å². The number of aromatic carboxylic acids is 1. The highest BCUT2D eigenvalue weighted by Gasteiger charge is 2.07. The fourth-order valence-corrected chi connectivity index (χ4v) is 2.30. The monoisotopic (exact) mass is 288 g/mol. The molecule has 0 aliphatic carbocycles. The summed E-state index contributed by atoms with van der Waals surface area (Å²) in [5, 5.41) is 21.0. The van der Waals surface area contributed by atoms with Crippen molar-refractivity contribution < 1.29 is 15.0 Å². The number of hydrogen-bond donors (Lipinski definition) is 2. The average molecular weight is 288 g/mol. The molecular formula is C19H12O3. The van der Waals surface area contributed by atoms with Gasteiger partial charge in [0.1, 0.15) is 5.75 Å². The Morgan fingerprint density at radius 3 is 2.41 bits per heavy atom. The van der Waals surface area contributed by atoms with Gasteiger partial charge in [-0.2, -0.15) is 0 Å². The number of carboxylic acids is 1. The van der Waals surface area contributed by atoms with E-state index in [4.69, 9.17) is 0 Å². The van der Waals surface area contributed by atoms with E-state index in [2.05, 4.69) is 11.8 Å². The van der Waals surface area contributed by atoms with Crippen LogP contribution in [0.25, 0.3) is 10.8 Å². The zero-order valence-corrected chi connectivity index (χ0v) is 11.6. The summed E-state index contributed by atoms with van der Waals surface area (Å²) in [7, 11) is 0. The summed E-state index contributed by atoms with van der Waals surface area (Å²) in [6.07, 6.45) is 0. The highest BCUT2D eigenvalue weighted by molar-refractivity contribution is 5.92. The molecule has 3 nitrogen and oxygen atoms in total. The van der Waals surface area contributed by atoms with Gasteiger partial charge in [0.15, 0.2) is 0 Å². The van der Waals surface area contributed by atoms with Gasteiger partial charge in [-0.1, -0.05) is 54.3 Å². The normalized spacial score (nSPS) is 10.0. The summed E-state index contributed by atoms with van der Waals surface area (Å²) in [6, 6.07) is 17.6. The summed E-state index contributed by atoms with van der Waals surface area (Å²) < 4.78 is 0. The van der Waals surface area contributed by atoms with E-state index in [1.165, 1.54) is 6.07 Å². The van der Waals surface area contributed by atoms with E-state index in [9.17, 15) is 15.0 Å². The van der Waals surface area contributed by atoms with Crippen molar-refractivity contribution >= 4 is 16.7 Å². The van der Waals surface area contributed by atoms with Crippen LogP contribution in [0.3, 0.4) is 0 Å². The lowest BCUT2D eigenvalue weighted by molar-refractivity contribution is 0.0696. The molecule has 0 amide bonds. The van der Waals surface area contributed by atoms with E-state index in [0.29, 0.717) is 11.1 Å². The molecule has 0 saturated heterocycles. The van der Waals surface area contributed by atoms with Crippen molar-refractivity contribution in [2.24, 2.45) is 0 Å². The van der Waals surface area contributed by atoms with Gasteiger partial charge < -0.3 is 10.2 Å². The first-order chi connectivity index (χ1) is 10.7. The lowest BCUT2D eigenvalue weighted by atomic mass is 10.0. The third kappa shape index (κ3) is 2.50. The molecule has 3 aromatic carbocycles. The van der Waals surface area contributed by atoms with Gasteiger partial charge in [-0.3, -0.25) is 0 Å². The smallest absolute Gasteiger partial charge is 0.336 e. The van der Waals surface area contributed by atoms with E-state index in [1.54, 1.807) is 24.3 Å². The molecule has 0 radical (unpaired) electrons. The van der Waals surface area contributed by atoms with Crippen molar-refractivity contribution in [2.75, 3.05) is 0 Å². The van der Waals surface area contributed by atoms with Crippen molar-refractivity contribution in [3.05, 3.63) is 77.4 Å². The Morgan fingerprint density at radius 2 is 1.59 bits per heavy atom. The zero-order valence-electron chi connectivity index (χ0n) is 11.6. The van der Waals surface area contributed by atoms with Crippen LogP contribution in [0.2, 0.25) is 0 Å². The Morgan fingerprint density at radius 1 is 0.864 bits per heavy atom. The molecule has 0 aliphatic rings. The van der Waals surface area contributed by atoms with Crippen molar-refractivity contribution in [1.82, 2.24) is 0 Å². The largest absolute Gasteiger partial charge is 0.507 e. The summed E-state index contributed by atoms with van der Waals surface area (Å²) >= 11 is 0. The first kappa shape index (κ1) is 13.7. The number of hydrogen-bond acceptors (Lipinski definition) is 2. The van der Waals surface area contributed by atoms with Crippen molar-refractivity contribution in [3.63, 3.8) is 0 Å². The van der Waals surface area contributed by atoms with Gasteiger partial charge in [0.05, 0.1) is 11.1 Å². The average Bonchev–Trinajstić information content (AvgIpc) is 2.54. The van der Waals surface area contributed by atoms with Gasteiger partial charge in [-0.15, -0.1) is 0 Å². The van der Waals surface area contributed by atoms with E-state index >= 15 is 0 Å². The maximum Gasteiger partial charge on any atom is 0.336 e. The molecule has 0 fully saturated rings. The molecule has 2 N–H and O–H groups in total. The van der Waals surface area contributed by atoms with Gasteiger partial charge in [-0.05, 0) is 23.6 Å². The highest BCUT2D eigenvalue weighted by Crippen LogP contribution is 2.26. The predicted octanol–water partition coefficient (Wildman–Crippen LogP) is 3.64. The molecule has 0 bridgehead atoms. The SMILES string of the molecule is O=C(O)c1ccccc1C#Cc1c(O)ccc2ccccc12. The second kappa shape index (κ2) is 5.63. The summed E-state index contributed by atoms with van der Waals surface area (Å²) in [4.78, 5) is 11.2. The molecule has 0 atom stereocenters. The Balaban J connectivity index is 2.17. The molecule has 22 heavy (non-hydrogen) atoms. The second-order valence-electron chi connectivity index (χ2n) is 4.78. The van der Waals surface area contributed by atoms with Crippen LogP contribution in [0.4, 0.5) is 0 Å². The second-order valence-corrected chi connectivity index (χ2v) is 4.78. The van der Waals surface area contributed by atoms with Gasteiger partial charge in [0, 0.05) is 10.9 Å². The summed E-state index contributed by atoms with van der Waals surface area (Å²) in [6.45, 7) is 0. The first-order valence-electron chi connectivity index (χ1n) is 6.72. The van der Waals surface area contributed by atoms with Gasteiger partial charge >= 0.3 is 5.97 Å². The number of aromatic hydroxyl groups is 1. The Kier molecular flexibility index (Phi) is 3.51. The molecule has 0 spiro atoms. The topological polar surface area (TPSA) is 57.5 Å². The minimum atomic E-state index is -1.02. The van der Waals surface area contributed by atoms with E-state index < -0.39 is 5.97 Å². The van der Waals surface area contributed by atoms with Gasteiger partial charge in [0.25, 0.3) is 0 Å². The fourth-order valence-electron chi connectivity index (χ4n) is 2.30. The molecule has 0 unspecified atom stereocenters. The molecule has 3 heteroatoms. The third-order valence-corrected chi connectivity index (χ3v) is 3.39. The predicted molar refractivity (Wildman–Crippen MR) is 85.0 cm³/mol. The van der Waals surface area contributed by atoms with Crippen LogP contribution in [0.5, 0.6) is 5.75 Å². The number of fused-ring (bicyclic) bond motifs is 1. The standard InChI is InChI=1S/C19H12O3/c20-18-12-10-13-5-1-3-7-15(13)17(18)11-9-14-6-2-4-8-16(14)19(21)22/h1-8,10,12,20H,(H,21,22). The lowest BCUT2D eigenvalue weighted by Gasteiger charge is -2.03. The van der Waals surface area contributed by atoms with Crippen LogP contribution < -0.4 is 0 Å². The van der Waals surface area contributed by atoms with Crippen molar-refractivity contribution in [3.8, 4) is 17.6 Å². The molecule has 0 heterocycles. The Hall–Kier alpha value is -3.25. The third-order valence-electron chi connectivity index (χ3n) is 3.39. The Labute approximate surface area is 127 Å². The van der Waals surface area contributed by atoms with Crippen LogP contribution in [-0.4, -0.2) is 16.2 Å². The number of rotatable bonds is 1. The van der Waals surface area contributed by atoms with Gasteiger partial charge in [-0.25, -0.2) is 4.79 Å².